The van der Waals surface area contributed by atoms with Crippen molar-refractivity contribution in [1.82, 2.24) is 4.31 Å². The number of ketones is 1. The second-order valence-corrected chi connectivity index (χ2v) is 7.71. The zero-order valence-electron chi connectivity index (χ0n) is 12.7. The second kappa shape index (κ2) is 6.10. The van der Waals surface area contributed by atoms with Gasteiger partial charge in [-0.3, -0.25) is 4.79 Å². The first-order valence-electron chi connectivity index (χ1n) is 7.79. The van der Waals surface area contributed by atoms with E-state index < -0.39 is 10.0 Å². The Hall–Kier alpha value is -1.24. The normalized spacial score (nSPS) is 22.1. The largest absolute Gasteiger partial charge is 0.380 e. The lowest BCUT2D eigenvalue weighted by molar-refractivity contribution is 0.0972. The Balaban J connectivity index is 1.98. The van der Waals surface area contributed by atoms with Gasteiger partial charge in [0.25, 0.3) is 0 Å². The van der Waals surface area contributed by atoms with E-state index in [0.29, 0.717) is 31.7 Å². The van der Waals surface area contributed by atoms with Gasteiger partial charge in [0.1, 0.15) is 0 Å². The average molecular weight is 323 g/mol. The van der Waals surface area contributed by atoms with Crippen molar-refractivity contribution in [3.05, 3.63) is 29.3 Å². The molecule has 0 radical (unpaired) electrons. The summed E-state index contributed by atoms with van der Waals surface area (Å²) in [6.07, 6.45) is 2.91. The summed E-state index contributed by atoms with van der Waals surface area (Å²) in [5, 5.41) is 0. The van der Waals surface area contributed by atoms with Gasteiger partial charge in [-0.05, 0) is 37.0 Å². The van der Waals surface area contributed by atoms with E-state index in [0.717, 1.165) is 24.8 Å². The van der Waals surface area contributed by atoms with Crippen LogP contribution in [0.5, 0.6) is 0 Å². The number of hydrogen-bond acceptors (Lipinski definition) is 4. The molecule has 1 aliphatic heterocycles. The number of Topliss-reactive ketones (excluding diaryl/α,β-unsaturated/α-hetero) is 1. The number of carbonyl (C=O) groups is 1. The molecule has 2 aliphatic rings. The molecule has 1 unspecified atom stereocenters. The predicted octanol–water partition coefficient (Wildman–Crippen LogP) is 2.01. The van der Waals surface area contributed by atoms with Gasteiger partial charge in [0, 0.05) is 25.1 Å². The molecule has 0 amide bonds. The molecule has 3 rings (SSSR count). The van der Waals surface area contributed by atoms with Crippen LogP contribution in [0.3, 0.4) is 0 Å². The summed E-state index contributed by atoms with van der Waals surface area (Å²) in [5.41, 5.74) is 1.54. The molecule has 1 heterocycles. The number of fused-ring (bicyclic) bond motifs is 1. The van der Waals surface area contributed by atoms with Crippen molar-refractivity contribution in [2.75, 3.05) is 19.8 Å². The van der Waals surface area contributed by atoms with Gasteiger partial charge in [0.05, 0.1) is 17.5 Å². The number of hydrogen-bond donors (Lipinski definition) is 0. The molecule has 1 fully saturated rings. The van der Waals surface area contributed by atoms with Crippen LogP contribution >= 0.6 is 0 Å². The first-order valence-corrected chi connectivity index (χ1v) is 9.23. The van der Waals surface area contributed by atoms with Gasteiger partial charge in [-0.1, -0.05) is 13.0 Å². The maximum Gasteiger partial charge on any atom is 0.243 e. The highest BCUT2D eigenvalue weighted by Gasteiger charge is 2.33. The van der Waals surface area contributed by atoms with Gasteiger partial charge >= 0.3 is 0 Å². The number of likely N-dealkylation sites (N-methyl/N-ethyl adjacent to an activating group) is 1. The number of ether oxygens (including phenoxy) is 1. The van der Waals surface area contributed by atoms with Crippen LogP contribution in [-0.4, -0.2) is 44.3 Å². The Labute approximate surface area is 131 Å². The molecule has 1 aromatic carbocycles. The van der Waals surface area contributed by atoms with Crippen LogP contribution in [0.4, 0.5) is 0 Å². The molecule has 6 heteroatoms. The number of benzene rings is 1. The molecule has 5 nitrogen and oxygen atoms in total. The van der Waals surface area contributed by atoms with Crippen molar-refractivity contribution in [3.63, 3.8) is 0 Å². The van der Waals surface area contributed by atoms with E-state index in [2.05, 4.69) is 0 Å². The van der Waals surface area contributed by atoms with Crippen molar-refractivity contribution in [2.45, 2.75) is 43.5 Å². The summed E-state index contributed by atoms with van der Waals surface area (Å²) < 4.78 is 32.6. The van der Waals surface area contributed by atoms with Crippen LogP contribution in [0.25, 0.3) is 0 Å². The first kappa shape index (κ1) is 15.6. The summed E-state index contributed by atoms with van der Waals surface area (Å²) in [6.45, 7) is 3.27. The van der Waals surface area contributed by atoms with Crippen molar-refractivity contribution in [1.29, 1.82) is 0 Å². The molecule has 1 aromatic rings. The average Bonchev–Trinajstić information content (AvgIpc) is 3.02. The summed E-state index contributed by atoms with van der Waals surface area (Å²) in [4.78, 5) is 12.2. The molecule has 0 N–H and O–H groups in total. The lowest BCUT2D eigenvalue weighted by Gasteiger charge is -2.26. The fraction of sp³-hybridized carbons (Fsp3) is 0.562. The quantitative estimate of drug-likeness (QED) is 0.850. The minimum atomic E-state index is -3.59. The van der Waals surface area contributed by atoms with Crippen molar-refractivity contribution < 1.29 is 17.9 Å². The Kier molecular flexibility index (Phi) is 4.34. The molecule has 0 bridgehead atoms. The van der Waals surface area contributed by atoms with Crippen LogP contribution in [0.1, 0.15) is 42.1 Å². The third-order valence-corrected chi connectivity index (χ3v) is 6.49. The maximum atomic E-state index is 12.9. The van der Waals surface area contributed by atoms with Gasteiger partial charge in [-0.25, -0.2) is 8.42 Å². The molecule has 120 valence electrons. The third kappa shape index (κ3) is 2.71. The van der Waals surface area contributed by atoms with E-state index in [-0.39, 0.29) is 16.7 Å². The lowest BCUT2D eigenvalue weighted by Crippen LogP contribution is -2.40. The van der Waals surface area contributed by atoms with E-state index in [1.165, 1.54) is 4.31 Å². The van der Waals surface area contributed by atoms with Gasteiger partial charge in [0.2, 0.25) is 10.0 Å². The number of carbonyl (C=O) groups excluding carboxylic acids is 1. The Morgan fingerprint density at radius 3 is 2.82 bits per heavy atom. The first-order chi connectivity index (χ1) is 10.5. The summed E-state index contributed by atoms with van der Waals surface area (Å²) in [7, 11) is -3.59. The van der Waals surface area contributed by atoms with Crippen LogP contribution < -0.4 is 0 Å². The minimum Gasteiger partial charge on any atom is -0.380 e. The summed E-state index contributed by atoms with van der Waals surface area (Å²) >= 11 is 0. The van der Waals surface area contributed by atoms with Crippen LogP contribution in [0.15, 0.2) is 23.1 Å². The number of sulfonamides is 1. The van der Waals surface area contributed by atoms with Crippen LogP contribution in [0, 0.1) is 0 Å². The molecule has 1 aliphatic carbocycles. The third-order valence-electron chi connectivity index (χ3n) is 4.46. The Morgan fingerprint density at radius 2 is 2.14 bits per heavy atom. The zero-order chi connectivity index (χ0) is 15.7. The van der Waals surface area contributed by atoms with Crippen molar-refractivity contribution >= 4 is 15.8 Å². The minimum absolute atomic E-state index is 0.0468. The van der Waals surface area contributed by atoms with Gasteiger partial charge in [-0.2, -0.15) is 4.31 Å². The topological polar surface area (TPSA) is 63.7 Å². The van der Waals surface area contributed by atoms with E-state index in [1.54, 1.807) is 18.2 Å². The SMILES string of the molecule is CCN(C1CCOC1)S(=O)(=O)c1ccc2c(c1)C(=O)CCC2. The highest BCUT2D eigenvalue weighted by Crippen LogP contribution is 2.27. The van der Waals surface area contributed by atoms with Gasteiger partial charge in [-0.15, -0.1) is 0 Å². The van der Waals surface area contributed by atoms with E-state index >= 15 is 0 Å². The van der Waals surface area contributed by atoms with Crippen LogP contribution in [-0.2, 0) is 21.2 Å². The molecule has 22 heavy (non-hydrogen) atoms. The Morgan fingerprint density at radius 1 is 1.32 bits per heavy atom. The predicted molar refractivity (Wildman–Crippen MR) is 82.5 cm³/mol. The van der Waals surface area contributed by atoms with Crippen molar-refractivity contribution in [2.24, 2.45) is 0 Å². The summed E-state index contributed by atoms with van der Waals surface area (Å²) in [5.74, 6) is 0.0468. The zero-order valence-corrected chi connectivity index (χ0v) is 13.6. The van der Waals surface area contributed by atoms with Crippen molar-refractivity contribution in [3.8, 4) is 0 Å². The molecular weight excluding hydrogens is 302 g/mol. The maximum absolute atomic E-state index is 12.9. The standard InChI is InChI=1S/C16H21NO4S/c1-2-17(13-8-9-21-11-13)22(19,20)14-7-6-12-4-3-5-16(18)15(12)10-14/h6-7,10,13H,2-5,8-9,11H2,1H3. The van der Waals surface area contributed by atoms with E-state index in [4.69, 9.17) is 4.74 Å². The Bertz CT molecular complexity index is 677. The number of rotatable bonds is 4. The molecule has 0 saturated carbocycles. The lowest BCUT2D eigenvalue weighted by atomic mass is 9.91. The number of aryl methyl sites for hydroxylation is 1. The fourth-order valence-electron chi connectivity index (χ4n) is 3.28. The fourth-order valence-corrected chi connectivity index (χ4v) is 4.95. The van der Waals surface area contributed by atoms with Gasteiger partial charge in [0.15, 0.2) is 5.78 Å². The van der Waals surface area contributed by atoms with E-state index in [1.807, 2.05) is 6.92 Å². The molecule has 1 atom stereocenters. The van der Waals surface area contributed by atoms with Crippen LogP contribution in [0.2, 0.25) is 0 Å². The van der Waals surface area contributed by atoms with Gasteiger partial charge < -0.3 is 4.74 Å². The molecule has 1 saturated heterocycles. The molecule has 0 spiro atoms. The van der Waals surface area contributed by atoms with E-state index in [9.17, 15) is 13.2 Å². The highest BCUT2D eigenvalue weighted by atomic mass is 32.2. The second-order valence-electron chi connectivity index (χ2n) is 5.82. The highest BCUT2D eigenvalue weighted by molar-refractivity contribution is 7.89. The number of nitrogens with zero attached hydrogens (tertiary/aromatic N) is 1. The monoisotopic (exact) mass is 323 g/mol. The molecular formula is C16H21NO4S. The molecule has 0 aromatic heterocycles. The summed E-state index contributed by atoms with van der Waals surface area (Å²) in [6, 6.07) is 4.87. The smallest absolute Gasteiger partial charge is 0.243 e.